The first-order chi connectivity index (χ1) is 8.69. The first-order valence-electron chi connectivity index (χ1n) is 5.99. The lowest BCUT2D eigenvalue weighted by Gasteiger charge is -2.26. The molecule has 0 aromatic heterocycles. The predicted octanol–water partition coefficient (Wildman–Crippen LogP) is 3.07. The van der Waals surface area contributed by atoms with E-state index < -0.39 is 0 Å². The second kappa shape index (κ2) is 5.89. The van der Waals surface area contributed by atoms with E-state index in [-0.39, 0.29) is 11.7 Å². The Morgan fingerprint density at radius 1 is 1.39 bits per heavy atom. The molecule has 1 saturated heterocycles. The van der Waals surface area contributed by atoms with Gasteiger partial charge in [0.25, 0.3) is 0 Å². The van der Waals surface area contributed by atoms with Crippen molar-refractivity contribution in [1.29, 1.82) is 0 Å². The lowest BCUT2D eigenvalue weighted by atomic mass is 9.90. The van der Waals surface area contributed by atoms with E-state index in [1.165, 1.54) is 13.2 Å². The highest BCUT2D eigenvalue weighted by atomic mass is 79.9. The molecular formula is C13H17BrFNO2. The van der Waals surface area contributed by atoms with Gasteiger partial charge in [0.05, 0.1) is 18.7 Å². The SMILES string of the molecule is COc1cc(F)c(Br)c(C2CCCNC2)c1OC. The van der Waals surface area contributed by atoms with Gasteiger partial charge in [-0.25, -0.2) is 4.39 Å². The number of hydrogen-bond donors (Lipinski definition) is 1. The van der Waals surface area contributed by atoms with Gasteiger partial charge in [0, 0.05) is 24.1 Å². The molecule has 5 heteroatoms. The summed E-state index contributed by atoms with van der Waals surface area (Å²) in [4.78, 5) is 0. The lowest BCUT2D eigenvalue weighted by Crippen LogP contribution is -2.29. The Labute approximate surface area is 115 Å². The number of nitrogens with one attached hydrogen (secondary N) is 1. The Bertz CT molecular complexity index is 433. The predicted molar refractivity (Wildman–Crippen MR) is 72.0 cm³/mol. The molecule has 1 heterocycles. The molecule has 1 aliphatic heterocycles. The fourth-order valence-corrected chi connectivity index (χ4v) is 3.05. The summed E-state index contributed by atoms with van der Waals surface area (Å²) in [5.41, 5.74) is 0.863. The molecule has 1 fully saturated rings. The number of hydrogen-bond acceptors (Lipinski definition) is 3. The molecule has 0 spiro atoms. The summed E-state index contributed by atoms with van der Waals surface area (Å²) in [7, 11) is 3.11. The van der Waals surface area contributed by atoms with E-state index in [1.807, 2.05) is 0 Å². The number of benzene rings is 1. The minimum absolute atomic E-state index is 0.243. The standard InChI is InChI=1S/C13H17BrFNO2/c1-17-10-6-9(15)12(14)11(13(10)18-2)8-4-3-5-16-7-8/h6,8,16H,3-5,7H2,1-2H3. The molecule has 18 heavy (non-hydrogen) atoms. The number of rotatable bonds is 3. The molecule has 0 bridgehead atoms. The van der Waals surface area contributed by atoms with Gasteiger partial charge in [-0.2, -0.15) is 0 Å². The molecule has 1 aliphatic rings. The van der Waals surface area contributed by atoms with E-state index >= 15 is 0 Å². The molecule has 1 unspecified atom stereocenters. The fourth-order valence-electron chi connectivity index (χ4n) is 2.43. The fraction of sp³-hybridized carbons (Fsp3) is 0.538. The average molecular weight is 318 g/mol. The van der Waals surface area contributed by atoms with Crippen molar-refractivity contribution in [3.05, 3.63) is 21.9 Å². The topological polar surface area (TPSA) is 30.5 Å². The van der Waals surface area contributed by atoms with Crippen molar-refractivity contribution in [3.8, 4) is 11.5 Å². The molecule has 0 aliphatic carbocycles. The van der Waals surface area contributed by atoms with Crippen LogP contribution in [0.1, 0.15) is 24.3 Å². The van der Waals surface area contributed by atoms with Gasteiger partial charge in [0.15, 0.2) is 11.5 Å². The van der Waals surface area contributed by atoms with Crippen LogP contribution in [0.2, 0.25) is 0 Å². The van der Waals surface area contributed by atoms with Crippen molar-refractivity contribution in [3.63, 3.8) is 0 Å². The molecule has 3 nitrogen and oxygen atoms in total. The third-order valence-electron chi connectivity index (χ3n) is 3.30. The molecule has 0 saturated carbocycles. The van der Waals surface area contributed by atoms with Crippen LogP contribution >= 0.6 is 15.9 Å². The number of halogens is 2. The van der Waals surface area contributed by atoms with E-state index in [2.05, 4.69) is 21.2 Å². The molecular weight excluding hydrogens is 301 g/mol. The Hall–Kier alpha value is -0.810. The van der Waals surface area contributed by atoms with Gasteiger partial charge in [0.2, 0.25) is 0 Å². The Morgan fingerprint density at radius 3 is 2.72 bits per heavy atom. The second-order valence-electron chi connectivity index (χ2n) is 4.36. The van der Waals surface area contributed by atoms with Crippen LogP contribution in [-0.4, -0.2) is 27.3 Å². The van der Waals surface area contributed by atoms with E-state index in [1.54, 1.807) is 7.11 Å². The van der Waals surface area contributed by atoms with Crippen molar-refractivity contribution in [2.24, 2.45) is 0 Å². The van der Waals surface area contributed by atoms with Crippen LogP contribution in [0.3, 0.4) is 0 Å². The van der Waals surface area contributed by atoms with Gasteiger partial charge < -0.3 is 14.8 Å². The zero-order valence-electron chi connectivity index (χ0n) is 10.6. The highest BCUT2D eigenvalue weighted by Gasteiger charge is 2.26. The van der Waals surface area contributed by atoms with Crippen LogP contribution in [0.5, 0.6) is 11.5 Å². The third kappa shape index (κ3) is 2.47. The minimum atomic E-state index is -0.312. The van der Waals surface area contributed by atoms with Gasteiger partial charge in [-0.3, -0.25) is 0 Å². The van der Waals surface area contributed by atoms with Crippen LogP contribution in [0, 0.1) is 5.82 Å². The largest absolute Gasteiger partial charge is 0.493 e. The van der Waals surface area contributed by atoms with Gasteiger partial charge in [-0.15, -0.1) is 0 Å². The van der Waals surface area contributed by atoms with Crippen molar-refractivity contribution in [1.82, 2.24) is 5.32 Å². The van der Waals surface area contributed by atoms with Gasteiger partial charge in [-0.05, 0) is 35.3 Å². The van der Waals surface area contributed by atoms with Crippen LogP contribution in [-0.2, 0) is 0 Å². The quantitative estimate of drug-likeness (QED) is 0.929. The van der Waals surface area contributed by atoms with Crippen molar-refractivity contribution in [2.75, 3.05) is 27.3 Å². The molecule has 1 aromatic carbocycles. The maximum absolute atomic E-state index is 13.9. The summed E-state index contributed by atoms with van der Waals surface area (Å²) in [6.07, 6.45) is 2.10. The highest BCUT2D eigenvalue weighted by molar-refractivity contribution is 9.10. The van der Waals surface area contributed by atoms with E-state index in [0.29, 0.717) is 16.0 Å². The summed E-state index contributed by atoms with van der Waals surface area (Å²) in [6.45, 7) is 1.85. The Kier molecular flexibility index (Phi) is 4.45. The molecule has 100 valence electrons. The normalized spacial score (nSPS) is 19.7. The minimum Gasteiger partial charge on any atom is -0.493 e. The number of ether oxygens (including phenoxy) is 2. The van der Waals surface area contributed by atoms with Gasteiger partial charge in [0.1, 0.15) is 5.82 Å². The summed E-state index contributed by atoms with van der Waals surface area (Å²) in [5, 5.41) is 3.33. The molecule has 1 atom stereocenters. The van der Waals surface area contributed by atoms with Gasteiger partial charge in [-0.1, -0.05) is 0 Å². The molecule has 1 aromatic rings. The molecule has 0 radical (unpaired) electrons. The smallest absolute Gasteiger partial charge is 0.165 e. The van der Waals surface area contributed by atoms with Crippen LogP contribution in [0.4, 0.5) is 4.39 Å². The van der Waals surface area contributed by atoms with E-state index in [9.17, 15) is 4.39 Å². The summed E-state index contributed by atoms with van der Waals surface area (Å²) < 4.78 is 25.0. The second-order valence-corrected chi connectivity index (χ2v) is 5.16. The van der Waals surface area contributed by atoms with Crippen LogP contribution in [0.15, 0.2) is 10.5 Å². The van der Waals surface area contributed by atoms with Crippen LogP contribution in [0.25, 0.3) is 0 Å². The number of piperidine rings is 1. The first-order valence-corrected chi connectivity index (χ1v) is 6.79. The zero-order chi connectivity index (χ0) is 13.1. The third-order valence-corrected chi connectivity index (χ3v) is 4.11. The lowest BCUT2D eigenvalue weighted by molar-refractivity contribution is 0.341. The zero-order valence-corrected chi connectivity index (χ0v) is 12.1. The summed E-state index contributed by atoms with van der Waals surface area (Å²) >= 11 is 3.33. The number of methoxy groups -OCH3 is 2. The Morgan fingerprint density at radius 2 is 2.17 bits per heavy atom. The van der Waals surface area contributed by atoms with E-state index in [4.69, 9.17) is 9.47 Å². The first kappa shape index (κ1) is 13.6. The summed E-state index contributed by atoms with van der Waals surface area (Å²) in [5.74, 6) is 0.999. The van der Waals surface area contributed by atoms with Gasteiger partial charge >= 0.3 is 0 Å². The van der Waals surface area contributed by atoms with E-state index in [0.717, 1.165) is 31.5 Å². The summed E-state index contributed by atoms with van der Waals surface area (Å²) in [6, 6.07) is 1.35. The average Bonchev–Trinajstić information content (AvgIpc) is 2.42. The molecule has 0 amide bonds. The molecule has 1 N–H and O–H groups in total. The van der Waals surface area contributed by atoms with Crippen LogP contribution < -0.4 is 14.8 Å². The maximum atomic E-state index is 13.9. The molecule has 2 rings (SSSR count). The highest BCUT2D eigenvalue weighted by Crippen LogP contribution is 2.43. The monoisotopic (exact) mass is 317 g/mol. The van der Waals surface area contributed by atoms with Crippen molar-refractivity contribution in [2.45, 2.75) is 18.8 Å². The maximum Gasteiger partial charge on any atom is 0.165 e. The van der Waals surface area contributed by atoms with Crippen molar-refractivity contribution < 1.29 is 13.9 Å². The Balaban J connectivity index is 2.51. The van der Waals surface area contributed by atoms with Crippen molar-refractivity contribution >= 4 is 15.9 Å².